The van der Waals surface area contributed by atoms with E-state index in [-0.39, 0.29) is 5.91 Å². The summed E-state index contributed by atoms with van der Waals surface area (Å²) in [5, 5.41) is 2.79. The Morgan fingerprint density at radius 1 is 1.40 bits per heavy atom. The molecule has 0 bridgehead atoms. The van der Waals surface area contributed by atoms with Crippen LogP contribution in [0.15, 0.2) is 27.1 Å². The average molecular weight is 355 g/mol. The Labute approximate surface area is 111 Å². The second kappa shape index (κ2) is 6.51. The van der Waals surface area contributed by atoms with Gasteiger partial charge in [-0.15, -0.1) is 11.6 Å². The van der Waals surface area contributed by atoms with E-state index in [0.29, 0.717) is 18.0 Å². The lowest BCUT2D eigenvalue weighted by molar-refractivity contribution is 0.0953. The maximum atomic E-state index is 11.7. The molecule has 0 fully saturated rings. The van der Waals surface area contributed by atoms with Crippen molar-refractivity contribution in [2.75, 3.05) is 12.4 Å². The Bertz CT molecular complexity index is 357. The van der Waals surface area contributed by atoms with Crippen molar-refractivity contribution < 1.29 is 4.79 Å². The van der Waals surface area contributed by atoms with Gasteiger partial charge >= 0.3 is 0 Å². The fourth-order valence-electron chi connectivity index (χ4n) is 1.04. The molecule has 1 rings (SSSR count). The van der Waals surface area contributed by atoms with E-state index in [1.54, 1.807) is 6.07 Å². The Morgan fingerprint density at radius 2 is 2.13 bits per heavy atom. The van der Waals surface area contributed by atoms with E-state index < -0.39 is 0 Å². The van der Waals surface area contributed by atoms with Gasteiger partial charge in [-0.25, -0.2) is 0 Å². The molecule has 0 aliphatic heterocycles. The highest BCUT2D eigenvalue weighted by Crippen LogP contribution is 2.21. The van der Waals surface area contributed by atoms with Gasteiger partial charge in [0.1, 0.15) is 0 Å². The van der Waals surface area contributed by atoms with Crippen LogP contribution in [-0.4, -0.2) is 18.3 Å². The summed E-state index contributed by atoms with van der Waals surface area (Å²) in [6.45, 7) is 0.598. The number of halogens is 3. The van der Waals surface area contributed by atoms with Crippen LogP contribution < -0.4 is 5.32 Å². The van der Waals surface area contributed by atoms with Crippen LogP contribution in [0.4, 0.5) is 0 Å². The summed E-state index contributed by atoms with van der Waals surface area (Å²) in [6, 6.07) is 5.49. The lowest BCUT2D eigenvalue weighted by atomic mass is 10.2. The standard InChI is InChI=1S/C10H10Br2ClNO/c11-7-2-3-9(12)8(6-7)10(15)14-5-1-4-13/h2-3,6H,1,4-5H2,(H,14,15). The van der Waals surface area contributed by atoms with E-state index in [2.05, 4.69) is 37.2 Å². The quantitative estimate of drug-likeness (QED) is 0.649. The zero-order valence-corrected chi connectivity index (χ0v) is 11.8. The number of alkyl halides is 1. The zero-order valence-electron chi connectivity index (χ0n) is 7.90. The highest BCUT2D eigenvalue weighted by atomic mass is 79.9. The first-order valence-electron chi connectivity index (χ1n) is 4.44. The molecule has 0 radical (unpaired) electrons. The molecule has 2 nitrogen and oxygen atoms in total. The van der Waals surface area contributed by atoms with E-state index >= 15 is 0 Å². The summed E-state index contributed by atoms with van der Waals surface area (Å²) >= 11 is 12.2. The SMILES string of the molecule is O=C(NCCCCl)c1cc(Br)ccc1Br. The second-order valence-corrected chi connectivity index (χ2v) is 5.07. The molecule has 0 spiro atoms. The van der Waals surface area contributed by atoms with Gasteiger partial charge in [-0.2, -0.15) is 0 Å². The van der Waals surface area contributed by atoms with Gasteiger partial charge in [0.25, 0.3) is 5.91 Å². The lowest BCUT2D eigenvalue weighted by Gasteiger charge is -2.06. The third kappa shape index (κ3) is 4.13. The molecule has 1 aromatic carbocycles. The minimum atomic E-state index is -0.0895. The van der Waals surface area contributed by atoms with Gasteiger partial charge in [-0.05, 0) is 40.5 Å². The molecular formula is C10H10Br2ClNO. The first-order chi connectivity index (χ1) is 7.15. The number of nitrogens with one attached hydrogen (secondary N) is 1. The molecule has 0 heterocycles. The molecule has 0 unspecified atom stereocenters. The number of hydrogen-bond donors (Lipinski definition) is 1. The smallest absolute Gasteiger partial charge is 0.252 e. The van der Waals surface area contributed by atoms with E-state index in [0.717, 1.165) is 15.4 Å². The van der Waals surface area contributed by atoms with Crippen molar-refractivity contribution in [3.63, 3.8) is 0 Å². The molecule has 15 heavy (non-hydrogen) atoms. The fraction of sp³-hybridized carbons (Fsp3) is 0.300. The van der Waals surface area contributed by atoms with E-state index in [9.17, 15) is 4.79 Å². The molecule has 1 aromatic rings. The number of hydrogen-bond acceptors (Lipinski definition) is 1. The number of carbonyl (C=O) groups is 1. The fourth-order valence-corrected chi connectivity index (χ4v) is 1.96. The largest absolute Gasteiger partial charge is 0.352 e. The summed E-state index contributed by atoms with van der Waals surface area (Å²) in [7, 11) is 0. The Balaban J connectivity index is 2.68. The van der Waals surface area contributed by atoms with Crippen LogP contribution in [0.25, 0.3) is 0 Å². The van der Waals surface area contributed by atoms with Crippen LogP contribution in [0.1, 0.15) is 16.8 Å². The van der Waals surface area contributed by atoms with Gasteiger partial charge in [-0.1, -0.05) is 15.9 Å². The van der Waals surface area contributed by atoms with Crippen molar-refractivity contribution in [2.24, 2.45) is 0 Å². The number of amides is 1. The second-order valence-electron chi connectivity index (χ2n) is 2.92. The summed E-state index contributed by atoms with van der Waals surface area (Å²) in [5.74, 6) is 0.466. The molecule has 0 aromatic heterocycles. The minimum absolute atomic E-state index is 0.0895. The Morgan fingerprint density at radius 3 is 2.80 bits per heavy atom. The molecule has 0 atom stereocenters. The molecule has 82 valence electrons. The third-order valence-corrected chi connectivity index (χ3v) is 3.22. The first kappa shape index (κ1) is 13.0. The number of benzene rings is 1. The topological polar surface area (TPSA) is 29.1 Å². The summed E-state index contributed by atoms with van der Waals surface area (Å²) < 4.78 is 1.67. The Hall–Kier alpha value is -0.0600. The normalized spacial score (nSPS) is 10.1. The predicted molar refractivity (Wildman–Crippen MR) is 69.5 cm³/mol. The maximum Gasteiger partial charge on any atom is 0.252 e. The molecule has 0 saturated heterocycles. The summed E-state index contributed by atoms with van der Waals surface area (Å²) in [6.07, 6.45) is 0.777. The van der Waals surface area contributed by atoms with Gasteiger partial charge in [-0.3, -0.25) is 4.79 Å². The maximum absolute atomic E-state index is 11.7. The van der Waals surface area contributed by atoms with Crippen LogP contribution in [0.5, 0.6) is 0 Å². The monoisotopic (exact) mass is 353 g/mol. The van der Waals surface area contributed by atoms with Gasteiger partial charge < -0.3 is 5.32 Å². The molecule has 1 amide bonds. The molecule has 1 N–H and O–H groups in total. The first-order valence-corrected chi connectivity index (χ1v) is 6.56. The van der Waals surface area contributed by atoms with Crippen molar-refractivity contribution in [1.29, 1.82) is 0 Å². The third-order valence-electron chi connectivity index (χ3n) is 1.77. The Kier molecular flexibility index (Phi) is 5.64. The predicted octanol–water partition coefficient (Wildman–Crippen LogP) is 3.57. The number of rotatable bonds is 4. The molecule has 0 aliphatic carbocycles. The van der Waals surface area contributed by atoms with Crippen molar-refractivity contribution in [3.8, 4) is 0 Å². The van der Waals surface area contributed by atoms with Gasteiger partial charge in [0.15, 0.2) is 0 Å². The van der Waals surface area contributed by atoms with Crippen LogP contribution in [-0.2, 0) is 0 Å². The van der Waals surface area contributed by atoms with Gasteiger partial charge in [0, 0.05) is 21.4 Å². The van der Waals surface area contributed by atoms with E-state index in [1.165, 1.54) is 0 Å². The van der Waals surface area contributed by atoms with Gasteiger partial charge in [0.2, 0.25) is 0 Å². The van der Waals surface area contributed by atoms with E-state index in [1.807, 2.05) is 12.1 Å². The van der Waals surface area contributed by atoms with Crippen LogP contribution in [0.2, 0.25) is 0 Å². The van der Waals surface area contributed by atoms with Crippen LogP contribution >= 0.6 is 43.5 Å². The van der Waals surface area contributed by atoms with Crippen molar-refractivity contribution in [2.45, 2.75) is 6.42 Å². The van der Waals surface area contributed by atoms with Gasteiger partial charge in [0.05, 0.1) is 5.56 Å². The molecule has 0 aliphatic rings. The lowest BCUT2D eigenvalue weighted by Crippen LogP contribution is -2.25. The zero-order chi connectivity index (χ0) is 11.3. The van der Waals surface area contributed by atoms with Crippen LogP contribution in [0.3, 0.4) is 0 Å². The van der Waals surface area contributed by atoms with Crippen molar-refractivity contribution in [3.05, 3.63) is 32.7 Å². The number of carbonyl (C=O) groups excluding carboxylic acids is 1. The molecule has 5 heteroatoms. The van der Waals surface area contributed by atoms with Crippen molar-refractivity contribution >= 4 is 49.4 Å². The molecule has 0 saturated carbocycles. The highest BCUT2D eigenvalue weighted by Gasteiger charge is 2.09. The minimum Gasteiger partial charge on any atom is -0.352 e. The summed E-state index contributed by atoms with van der Waals surface area (Å²) in [5.41, 5.74) is 0.624. The van der Waals surface area contributed by atoms with Crippen molar-refractivity contribution in [1.82, 2.24) is 5.32 Å². The van der Waals surface area contributed by atoms with E-state index in [4.69, 9.17) is 11.6 Å². The summed E-state index contributed by atoms with van der Waals surface area (Å²) in [4.78, 5) is 11.7. The molecular weight excluding hydrogens is 345 g/mol. The average Bonchev–Trinajstić information content (AvgIpc) is 2.22. The highest BCUT2D eigenvalue weighted by molar-refractivity contribution is 9.11. The van der Waals surface area contributed by atoms with Crippen LogP contribution in [0, 0.1) is 0 Å².